The van der Waals surface area contributed by atoms with Crippen LogP contribution in [0.1, 0.15) is 55.2 Å². The molecule has 2 amide bonds. The van der Waals surface area contributed by atoms with Gasteiger partial charge in [-0.25, -0.2) is 18.4 Å². The number of sulfonamides is 1. The zero-order valence-electron chi connectivity index (χ0n) is 17.9. The summed E-state index contributed by atoms with van der Waals surface area (Å²) in [4.78, 5) is 36.0. The monoisotopic (exact) mass is 463 g/mol. The Morgan fingerprint density at radius 3 is 2.68 bits per heavy atom. The topological polar surface area (TPSA) is 121 Å². The van der Waals surface area contributed by atoms with E-state index in [1.165, 1.54) is 25.2 Å². The van der Waals surface area contributed by atoms with Gasteiger partial charge in [-0.05, 0) is 51.2 Å². The van der Waals surface area contributed by atoms with Crippen molar-refractivity contribution >= 4 is 44.1 Å². The molecule has 0 radical (unpaired) electrons. The molecule has 1 aliphatic heterocycles. The molecule has 0 spiro atoms. The number of thiazole rings is 1. The van der Waals surface area contributed by atoms with Gasteiger partial charge in [0, 0.05) is 19.5 Å². The highest BCUT2D eigenvalue weighted by atomic mass is 32.2. The number of anilines is 2. The van der Waals surface area contributed by atoms with E-state index in [9.17, 15) is 18.0 Å². The van der Waals surface area contributed by atoms with Crippen molar-refractivity contribution in [3.05, 3.63) is 22.9 Å². The number of hydrogen-bond donors (Lipinski definition) is 2. The lowest BCUT2D eigenvalue weighted by Crippen LogP contribution is -2.35. The largest absolute Gasteiger partial charge is 0.331 e. The van der Waals surface area contributed by atoms with E-state index in [0.717, 1.165) is 18.4 Å². The number of aryl methyl sites for hydroxylation is 1. The molecule has 0 bridgehead atoms. The molecule has 9 nitrogen and oxygen atoms in total. The van der Waals surface area contributed by atoms with Gasteiger partial charge in [-0.3, -0.25) is 14.3 Å². The summed E-state index contributed by atoms with van der Waals surface area (Å²) >= 11 is 1.26. The summed E-state index contributed by atoms with van der Waals surface area (Å²) in [7, 11) is -3.63. The fourth-order valence-corrected chi connectivity index (χ4v) is 5.33. The number of rotatable bonds is 7. The van der Waals surface area contributed by atoms with Crippen molar-refractivity contribution in [3.8, 4) is 10.6 Å². The molecule has 4 rings (SSSR count). The molecular formula is C20H25N5O4S2. The Kier molecular flexibility index (Phi) is 5.50. The van der Waals surface area contributed by atoms with E-state index in [-0.39, 0.29) is 29.4 Å². The van der Waals surface area contributed by atoms with Crippen LogP contribution in [0.5, 0.6) is 0 Å². The molecule has 1 aliphatic carbocycles. The van der Waals surface area contributed by atoms with E-state index in [4.69, 9.17) is 0 Å². The van der Waals surface area contributed by atoms with Crippen molar-refractivity contribution in [3.63, 3.8) is 0 Å². The average molecular weight is 464 g/mol. The second-order valence-electron chi connectivity index (χ2n) is 8.02. The van der Waals surface area contributed by atoms with Gasteiger partial charge in [-0.1, -0.05) is 11.3 Å². The van der Waals surface area contributed by atoms with Crippen LogP contribution in [0, 0.1) is 12.8 Å². The van der Waals surface area contributed by atoms with Gasteiger partial charge in [-0.15, -0.1) is 0 Å². The van der Waals surface area contributed by atoms with E-state index in [1.807, 2.05) is 13.0 Å². The number of carbonyl (C=O) groups is 2. The van der Waals surface area contributed by atoms with Crippen LogP contribution in [-0.4, -0.2) is 46.9 Å². The first-order chi connectivity index (χ1) is 14.6. The van der Waals surface area contributed by atoms with Crippen molar-refractivity contribution < 1.29 is 18.0 Å². The standard InChI is InChI=1S/C20H25N5O4S2/c1-5-31(28,29)24-18-16-14(9-25(19(16)27)11(3)13-6-7-13)8-15(23-18)17-10(2)21-20(30-17)22-12(4)26/h8,11,13H,5-7,9H2,1-4H3,(H,23,24)(H,21,22,26)/t11-/m0/s1. The maximum Gasteiger partial charge on any atom is 0.258 e. The summed E-state index contributed by atoms with van der Waals surface area (Å²) in [6.07, 6.45) is 2.21. The molecule has 11 heteroatoms. The predicted octanol–water partition coefficient (Wildman–Crippen LogP) is 2.99. The molecular weight excluding hydrogens is 438 g/mol. The predicted molar refractivity (Wildman–Crippen MR) is 120 cm³/mol. The van der Waals surface area contributed by atoms with E-state index < -0.39 is 10.0 Å². The highest BCUT2D eigenvalue weighted by molar-refractivity contribution is 7.92. The number of carbonyl (C=O) groups excluding carboxylic acids is 2. The number of amides is 2. The first kappa shape index (κ1) is 21.7. The second-order valence-corrected chi connectivity index (χ2v) is 11.0. The lowest BCUT2D eigenvalue weighted by molar-refractivity contribution is -0.114. The Labute approximate surface area is 185 Å². The van der Waals surface area contributed by atoms with Gasteiger partial charge in [0.25, 0.3) is 5.91 Å². The average Bonchev–Trinajstić information content (AvgIpc) is 3.40. The van der Waals surface area contributed by atoms with Gasteiger partial charge in [0.15, 0.2) is 10.9 Å². The van der Waals surface area contributed by atoms with Crippen LogP contribution < -0.4 is 10.0 Å². The summed E-state index contributed by atoms with van der Waals surface area (Å²) in [6, 6.07) is 1.92. The Hall–Kier alpha value is -2.53. The Balaban J connectivity index is 1.79. The minimum atomic E-state index is -3.63. The van der Waals surface area contributed by atoms with Gasteiger partial charge >= 0.3 is 0 Å². The zero-order valence-corrected chi connectivity index (χ0v) is 19.5. The lowest BCUT2D eigenvalue weighted by atomic mass is 10.1. The molecule has 2 aliphatic rings. The van der Waals surface area contributed by atoms with Crippen molar-refractivity contribution in [2.45, 2.75) is 53.1 Å². The van der Waals surface area contributed by atoms with E-state index >= 15 is 0 Å². The molecule has 0 saturated heterocycles. The van der Waals surface area contributed by atoms with E-state index in [0.29, 0.717) is 39.4 Å². The van der Waals surface area contributed by atoms with Crippen molar-refractivity contribution in [2.75, 3.05) is 15.8 Å². The summed E-state index contributed by atoms with van der Waals surface area (Å²) in [5, 5.41) is 3.11. The maximum absolute atomic E-state index is 13.2. The van der Waals surface area contributed by atoms with Crippen LogP contribution in [0.2, 0.25) is 0 Å². The van der Waals surface area contributed by atoms with Crippen LogP contribution in [0.4, 0.5) is 10.9 Å². The van der Waals surface area contributed by atoms with Gasteiger partial charge in [0.05, 0.1) is 27.6 Å². The van der Waals surface area contributed by atoms with Crippen LogP contribution in [0.25, 0.3) is 10.6 Å². The number of hydrogen-bond acceptors (Lipinski definition) is 7. The van der Waals surface area contributed by atoms with Crippen LogP contribution in [0.15, 0.2) is 6.07 Å². The normalized spacial score (nSPS) is 16.9. The van der Waals surface area contributed by atoms with Crippen LogP contribution >= 0.6 is 11.3 Å². The zero-order chi connectivity index (χ0) is 22.5. The fourth-order valence-electron chi connectivity index (χ4n) is 3.77. The van der Waals surface area contributed by atoms with Crippen LogP contribution in [0.3, 0.4) is 0 Å². The third-order valence-electron chi connectivity index (χ3n) is 5.66. The molecule has 2 aromatic rings. The Morgan fingerprint density at radius 1 is 1.35 bits per heavy atom. The Morgan fingerprint density at radius 2 is 2.06 bits per heavy atom. The van der Waals surface area contributed by atoms with Gasteiger partial charge in [0.1, 0.15) is 0 Å². The maximum atomic E-state index is 13.2. The third kappa shape index (κ3) is 4.29. The molecule has 0 unspecified atom stereocenters. The van der Waals surface area contributed by atoms with Crippen molar-refractivity contribution in [2.24, 2.45) is 5.92 Å². The fraction of sp³-hybridized carbons (Fsp3) is 0.500. The highest BCUT2D eigenvalue weighted by Gasteiger charge is 2.40. The summed E-state index contributed by atoms with van der Waals surface area (Å²) in [6.45, 7) is 7.19. The molecule has 1 atom stereocenters. The number of nitrogens with zero attached hydrogens (tertiary/aromatic N) is 3. The molecule has 1 fully saturated rings. The van der Waals surface area contributed by atoms with Crippen molar-refractivity contribution in [1.82, 2.24) is 14.9 Å². The molecule has 2 aromatic heterocycles. The SMILES string of the molecule is CCS(=O)(=O)Nc1nc(-c2sc(NC(C)=O)nc2C)cc2c1C(=O)N([C@@H](C)C1CC1)C2. The smallest absolute Gasteiger partial charge is 0.258 e. The summed E-state index contributed by atoms with van der Waals surface area (Å²) in [5.41, 5.74) is 2.24. The van der Waals surface area contributed by atoms with Crippen molar-refractivity contribution in [1.29, 1.82) is 0 Å². The minimum absolute atomic E-state index is 0.0544. The lowest BCUT2D eigenvalue weighted by Gasteiger charge is -2.24. The molecule has 31 heavy (non-hydrogen) atoms. The van der Waals surface area contributed by atoms with Gasteiger partial charge in [0.2, 0.25) is 15.9 Å². The summed E-state index contributed by atoms with van der Waals surface area (Å²) in [5.74, 6) is -0.00339. The Bertz CT molecular complexity index is 1170. The van der Waals surface area contributed by atoms with Crippen LogP contribution in [-0.2, 0) is 21.4 Å². The first-order valence-corrected chi connectivity index (χ1v) is 12.7. The molecule has 2 N–H and O–H groups in total. The molecule has 3 heterocycles. The number of aromatic nitrogens is 2. The number of pyridine rings is 1. The first-order valence-electron chi connectivity index (χ1n) is 10.2. The summed E-state index contributed by atoms with van der Waals surface area (Å²) < 4.78 is 27.1. The number of nitrogens with one attached hydrogen (secondary N) is 2. The minimum Gasteiger partial charge on any atom is -0.331 e. The third-order valence-corrected chi connectivity index (χ3v) is 8.02. The number of fused-ring (bicyclic) bond motifs is 1. The molecule has 0 aromatic carbocycles. The van der Waals surface area contributed by atoms with E-state index in [2.05, 4.69) is 20.0 Å². The highest BCUT2D eigenvalue weighted by Crippen LogP contribution is 2.41. The quantitative estimate of drug-likeness (QED) is 0.651. The van der Waals surface area contributed by atoms with Gasteiger partial charge < -0.3 is 10.2 Å². The molecule has 166 valence electrons. The van der Waals surface area contributed by atoms with Gasteiger partial charge in [-0.2, -0.15) is 0 Å². The molecule has 1 saturated carbocycles. The second kappa shape index (κ2) is 7.86. The van der Waals surface area contributed by atoms with E-state index in [1.54, 1.807) is 11.8 Å².